The Hall–Kier alpha value is -2.14. The minimum Gasteiger partial charge on any atom is -0.338 e. The number of rotatable bonds is 5. The number of nitrogens with zero attached hydrogens (tertiary/aromatic N) is 2. The van der Waals surface area contributed by atoms with Gasteiger partial charge < -0.3 is 10.2 Å². The molecular formula is C14H18N4O. The Morgan fingerprint density at radius 1 is 1.37 bits per heavy atom. The van der Waals surface area contributed by atoms with E-state index >= 15 is 0 Å². The van der Waals surface area contributed by atoms with Gasteiger partial charge in [-0.25, -0.2) is 0 Å². The molecule has 5 heteroatoms. The van der Waals surface area contributed by atoms with Gasteiger partial charge in [0.25, 0.3) is 0 Å². The monoisotopic (exact) mass is 258 g/mol. The predicted octanol–water partition coefficient (Wildman–Crippen LogP) is 1.33. The van der Waals surface area contributed by atoms with Crippen LogP contribution in [0.1, 0.15) is 17.3 Å². The van der Waals surface area contributed by atoms with Crippen LogP contribution >= 0.6 is 0 Å². The lowest BCUT2D eigenvalue weighted by Crippen LogP contribution is -2.37. The molecule has 1 aromatic heterocycles. The van der Waals surface area contributed by atoms with Crippen LogP contribution in [0.2, 0.25) is 0 Å². The number of likely N-dealkylation sites (N-methyl/N-ethyl adjacent to an activating group) is 2. The molecule has 0 aliphatic carbocycles. The SMILES string of the molecule is CN[C@@H](C(=O)N(C)Cc1ccn[nH]1)c1ccccc1. The summed E-state index contributed by atoms with van der Waals surface area (Å²) >= 11 is 0. The summed E-state index contributed by atoms with van der Waals surface area (Å²) in [6.45, 7) is 0.518. The van der Waals surface area contributed by atoms with E-state index in [1.807, 2.05) is 36.4 Å². The van der Waals surface area contributed by atoms with Crippen LogP contribution in [0.3, 0.4) is 0 Å². The van der Waals surface area contributed by atoms with E-state index in [2.05, 4.69) is 15.5 Å². The zero-order valence-corrected chi connectivity index (χ0v) is 11.1. The average Bonchev–Trinajstić information content (AvgIpc) is 2.93. The van der Waals surface area contributed by atoms with Crippen LogP contribution in [0.4, 0.5) is 0 Å². The standard InChI is InChI=1S/C14H18N4O/c1-15-13(11-6-4-3-5-7-11)14(19)18(2)10-12-8-9-16-17-12/h3-9,13,15H,10H2,1-2H3,(H,16,17)/t13-/m1/s1. The maximum absolute atomic E-state index is 12.4. The topological polar surface area (TPSA) is 61.0 Å². The highest BCUT2D eigenvalue weighted by atomic mass is 16.2. The summed E-state index contributed by atoms with van der Waals surface area (Å²) in [5, 5.41) is 9.80. The Balaban J connectivity index is 2.08. The summed E-state index contributed by atoms with van der Waals surface area (Å²) in [6.07, 6.45) is 1.68. The predicted molar refractivity (Wildman–Crippen MR) is 73.3 cm³/mol. The van der Waals surface area contributed by atoms with E-state index in [1.165, 1.54) is 0 Å². The number of hydrogen-bond acceptors (Lipinski definition) is 3. The highest BCUT2D eigenvalue weighted by Gasteiger charge is 2.22. The minimum absolute atomic E-state index is 0.0308. The molecule has 0 radical (unpaired) electrons. The van der Waals surface area contributed by atoms with Crippen LogP contribution in [0.15, 0.2) is 42.6 Å². The molecule has 0 fully saturated rings. The average molecular weight is 258 g/mol. The first-order chi connectivity index (χ1) is 9.22. The van der Waals surface area contributed by atoms with Crippen molar-refractivity contribution in [1.29, 1.82) is 0 Å². The van der Waals surface area contributed by atoms with Gasteiger partial charge in [0.05, 0.1) is 12.2 Å². The summed E-state index contributed by atoms with van der Waals surface area (Å²) in [5.74, 6) is 0.0308. The second-order valence-corrected chi connectivity index (χ2v) is 4.41. The maximum Gasteiger partial charge on any atom is 0.244 e. The van der Waals surface area contributed by atoms with E-state index < -0.39 is 0 Å². The molecule has 0 unspecified atom stereocenters. The molecule has 2 aromatic rings. The molecule has 0 aliphatic heterocycles. The van der Waals surface area contributed by atoms with Gasteiger partial charge in [0.2, 0.25) is 5.91 Å². The lowest BCUT2D eigenvalue weighted by atomic mass is 10.1. The van der Waals surface area contributed by atoms with Crippen molar-refractivity contribution in [3.63, 3.8) is 0 Å². The van der Waals surface area contributed by atoms with E-state index in [-0.39, 0.29) is 11.9 Å². The van der Waals surface area contributed by atoms with Gasteiger partial charge in [-0.05, 0) is 18.7 Å². The Kier molecular flexibility index (Phi) is 4.30. The minimum atomic E-state index is -0.325. The number of H-pyrrole nitrogens is 1. The summed E-state index contributed by atoms with van der Waals surface area (Å²) in [6, 6.07) is 11.2. The van der Waals surface area contributed by atoms with Gasteiger partial charge in [0.15, 0.2) is 0 Å². The summed E-state index contributed by atoms with van der Waals surface area (Å²) in [5.41, 5.74) is 1.88. The fourth-order valence-electron chi connectivity index (χ4n) is 2.00. The highest BCUT2D eigenvalue weighted by molar-refractivity contribution is 5.83. The zero-order chi connectivity index (χ0) is 13.7. The highest BCUT2D eigenvalue weighted by Crippen LogP contribution is 2.15. The largest absolute Gasteiger partial charge is 0.338 e. The van der Waals surface area contributed by atoms with Gasteiger partial charge in [-0.3, -0.25) is 9.89 Å². The zero-order valence-electron chi connectivity index (χ0n) is 11.1. The van der Waals surface area contributed by atoms with Gasteiger partial charge in [-0.15, -0.1) is 0 Å². The fourth-order valence-corrected chi connectivity index (χ4v) is 2.00. The first-order valence-corrected chi connectivity index (χ1v) is 6.18. The summed E-state index contributed by atoms with van der Waals surface area (Å²) in [7, 11) is 3.58. The molecule has 2 N–H and O–H groups in total. The molecule has 0 spiro atoms. The molecule has 1 heterocycles. The van der Waals surface area contributed by atoms with Gasteiger partial charge in [0.1, 0.15) is 6.04 Å². The Labute approximate surface area is 112 Å². The number of aromatic amines is 1. The van der Waals surface area contributed by atoms with Crippen LogP contribution in [-0.2, 0) is 11.3 Å². The quantitative estimate of drug-likeness (QED) is 0.850. The number of aromatic nitrogens is 2. The summed E-state index contributed by atoms with van der Waals surface area (Å²) < 4.78 is 0. The van der Waals surface area contributed by atoms with Gasteiger partial charge in [0, 0.05) is 13.2 Å². The van der Waals surface area contributed by atoms with Crippen molar-refractivity contribution in [2.45, 2.75) is 12.6 Å². The van der Waals surface area contributed by atoms with Crippen molar-refractivity contribution in [2.75, 3.05) is 14.1 Å². The van der Waals surface area contributed by atoms with Crippen molar-refractivity contribution in [3.05, 3.63) is 53.9 Å². The number of carbonyl (C=O) groups excluding carboxylic acids is 1. The van der Waals surface area contributed by atoms with Crippen LogP contribution in [0.25, 0.3) is 0 Å². The molecule has 0 aliphatic rings. The first-order valence-electron chi connectivity index (χ1n) is 6.18. The third kappa shape index (κ3) is 3.20. The van der Waals surface area contributed by atoms with E-state index in [0.717, 1.165) is 11.3 Å². The van der Waals surface area contributed by atoms with Crippen LogP contribution < -0.4 is 5.32 Å². The third-order valence-corrected chi connectivity index (χ3v) is 3.01. The number of nitrogens with one attached hydrogen (secondary N) is 2. The van der Waals surface area contributed by atoms with Crippen molar-refractivity contribution < 1.29 is 4.79 Å². The van der Waals surface area contributed by atoms with Crippen molar-refractivity contribution in [2.24, 2.45) is 0 Å². The lowest BCUT2D eigenvalue weighted by molar-refractivity contribution is -0.132. The molecule has 19 heavy (non-hydrogen) atoms. The van der Waals surface area contributed by atoms with Crippen molar-refractivity contribution >= 4 is 5.91 Å². The Morgan fingerprint density at radius 2 is 2.11 bits per heavy atom. The van der Waals surface area contributed by atoms with Crippen LogP contribution in [-0.4, -0.2) is 35.1 Å². The van der Waals surface area contributed by atoms with Gasteiger partial charge in [-0.2, -0.15) is 5.10 Å². The lowest BCUT2D eigenvalue weighted by Gasteiger charge is -2.23. The smallest absolute Gasteiger partial charge is 0.244 e. The molecule has 5 nitrogen and oxygen atoms in total. The van der Waals surface area contributed by atoms with Crippen molar-refractivity contribution in [3.8, 4) is 0 Å². The molecule has 0 saturated carbocycles. The second-order valence-electron chi connectivity index (χ2n) is 4.41. The number of benzene rings is 1. The fraction of sp³-hybridized carbons (Fsp3) is 0.286. The van der Waals surface area contributed by atoms with Gasteiger partial charge >= 0.3 is 0 Å². The molecule has 2 rings (SSSR count). The van der Waals surface area contributed by atoms with E-state index in [0.29, 0.717) is 6.54 Å². The molecular weight excluding hydrogens is 240 g/mol. The van der Waals surface area contributed by atoms with Crippen LogP contribution in [0, 0.1) is 0 Å². The molecule has 1 aromatic carbocycles. The van der Waals surface area contributed by atoms with E-state index in [9.17, 15) is 4.79 Å². The Morgan fingerprint density at radius 3 is 2.68 bits per heavy atom. The molecule has 1 amide bonds. The second kappa shape index (κ2) is 6.15. The number of amides is 1. The first kappa shape index (κ1) is 13.3. The van der Waals surface area contributed by atoms with E-state index in [4.69, 9.17) is 0 Å². The number of carbonyl (C=O) groups is 1. The molecule has 0 saturated heterocycles. The normalized spacial score (nSPS) is 12.1. The van der Waals surface area contributed by atoms with Crippen LogP contribution in [0.5, 0.6) is 0 Å². The Bertz CT molecular complexity index is 510. The molecule has 1 atom stereocenters. The maximum atomic E-state index is 12.4. The number of hydrogen-bond donors (Lipinski definition) is 2. The molecule has 0 bridgehead atoms. The van der Waals surface area contributed by atoms with E-state index in [1.54, 1.807) is 25.2 Å². The van der Waals surface area contributed by atoms with Crippen molar-refractivity contribution in [1.82, 2.24) is 20.4 Å². The van der Waals surface area contributed by atoms with Gasteiger partial charge in [-0.1, -0.05) is 30.3 Å². The summed E-state index contributed by atoms with van der Waals surface area (Å²) in [4.78, 5) is 14.1. The third-order valence-electron chi connectivity index (χ3n) is 3.01. The molecule has 100 valence electrons.